The summed E-state index contributed by atoms with van der Waals surface area (Å²) < 4.78 is 15.0. The largest absolute Gasteiger partial charge is 0.340 e. The SMILES string of the molecule is O=C(N1CCC(n2cccn2)C1)C1(c2ccc(F)cc2)CC1. The third-order valence-corrected chi connectivity index (χ3v) is 4.91. The van der Waals surface area contributed by atoms with E-state index >= 15 is 0 Å². The monoisotopic (exact) mass is 299 g/mol. The maximum Gasteiger partial charge on any atom is 0.233 e. The zero-order valence-electron chi connectivity index (χ0n) is 12.3. The Morgan fingerprint density at radius 3 is 2.68 bits per heavy atom. The van der Waals surface area contributed by atoms with Crippen LogP contribution in [0.4, 0.5) is 4.39 Å². The van der Waals surface area contributed by atoms with E-state index in [0.29, 0.717) is 6.54 Å². The third kappa shape index (κ3) is 2.12. The highest BCUT2D eigenvalue weighted by atomic mass is 19.1. The maximum atomic E-state index is 13.1. The van der Waals surface area contributed by atoms with Crippen LogP contribution in [0, 0.1) is 5.82 Å². The molecule has 0 N–H and O–H groups in total. The molecule has 2 fully saturated rings. The Kier molecular flexibility index (Phi) is 3.03. The van der Waals surface area contributed by atoms with Gasteiger partial charge in [-0.05, 0) is 43.0 Å². The molecule has 1 aliphatic heterocycles. The summed E-state index contributed by atoms with van der Waals surface area (Å²) in [6.45, 7) is 1.48. The minimum atomic E-state index is -0.410. The van der Waals surface area contributed by atoms with Crippen molar-refractivity contribution >= 4 is 5.91 Å². The van der Waals surface area contributed by atoms with E-state index in [1.54, 1.807) is 18.3 Å². The van der Waals surface area contributed by atoms with Gasteiger partial charge < -0.3 is 4.90 Å². The highest BCUT2D eigenvalue weighted by Gasteiger charge is 2.53. The van der Waals surface area contributed by atoms with Crippen molar-refractivity contribution in [1.29, 1.82) is 0 Å². The fraction of sp³-hybridized carbons (Fsp3) is 0.412. The van der Waals surface area contributed by atoms with Gasteiger partial charge >= 0.3 is 0 Å². The topological polar surface area (TPSA) is 38.1 Å². The highest BCUT2D eigenvalue weighted by molar-refractivity contribution is 5.91. The second-order valence-corrected chi connectivity index (χ2v) is 6.27. The molecule has 4 rings (SSSR count). The summed E-state index contributed by atoms with van der Waals surface area (Å²) in [5.41, 5.74) is 0.536. The van der Waals surface area contributed by atoms with Crippen LogP contribution in [0.3, 0.4) is 0 Å². The lowest BCUT2D eigenvalue weighted by molar-refractivity contribution is -0.133. The molecule has 114 valence electrons. The van der Waals surface area contributed by atoms with Gasteiger partial charge in [0.05, 0.1) is 11.5 Å². The van der Waals surface area contributed by atoms with Crippen LogP contribution in [0.25, 0.3) is 0 Å². The van der Waals surface area contributed by atoms with Gasteiger partial charge in [0.2, 0.25) is 5.91 Å². The van der Waals surface area contributed by atoms with Crippen LogP contribution < -0.4 is 0 Å². The number of hydrogen-bond acceptors (Lipinski definition) is 2. The number of carbonyl (C=O) groups is 1. The quantitative estimate of drug-likeness (QED) is 0.873. The Morgan fingerprint density at radius 2 is 2.05 bits per heavy atom. The number of nitrogens with zero attached hydrogens (tertiary/aromatic N) is 3. The van der Waals surface area contributed by atoms with E-state index in [2.05, 4.69) is 5.10 Å². The second-order valence-electron chi connectivity index (χ2n) is 6.27. The van der Waals surface area contributed by atoms with Gasteiger partial charge in [-0.3, -0.25) is 9.48 Å². The van der Waals surface area contributed by atoms with Crippen LogP contribution in [0.1, 0.15) is 30.9 Å². The molecular formula is C17H18FN3O. The Labute approximate surface area is 128 Å². The lowest BCUT2D eigenvalue weighted by atomic mass is 9.94. The molecule has 2 aliphatic rings. The van der Waals surface area contributed by atoms with Crippen molar-refractivity contribution < 1.29 is 9.18 Å². The molecule has 1 aliphatic carbocycles. The van der Waals surface area contributed by atoms with E-state index in [4.69, 9.17) is 0 Å². The molecule has 4 nitrogen and oxygen atoms in total. The fourth-order valence-corrected chi connectivity index (χ4v) is 3.46. The average molecular weight is 299 g/mol. The summed E-state index contributed by atoms with van der Waals surface area (Å²) in [4.78, 5) is 14.9. The van der Waals surface area contributed by atoms with E-state index in [0.717, 1.165) is 31.4 Å². The smallest absolute Gasteiger partial charge is 0.233 e. The van der Waals surface area contributed by atoms with Crippen molar-refractivity contribution in [3.05, 3.63) is 54.1 Å². The number of carbonyl (C=O) groups excluding carboxylic acids is 1. The summed E-state index contributed by atoms with van der Waals surface area (Å²) in [6, 6.07) is 8.56. The minimum absolute atomic E-state index is 0.189. The molecule has 2 heterocycles. The molecule has 1 atom stereocenters. The first-order valence-corrected chi connectivity index (χ1v) is 7.74. The Hall–Kier alpha value is -2.17. The predicted octanol–water partition coefficient (Wildman–Crippen LogP) is 2.53. The summed E-state index contributed by atoms with van der Waals surface area (Å²) in [5, 5.41) is 4.27. The summed E-state index contributed by atoms with van der Waals surface area (Å²) in [5.74, 6) is -0.0688. The standard InChI is InChI=1S/C17H18FN3O/c18-14-4-2-13(3-5-14)17(7-8-17)16(22)20-11-6-15(12-20)21-10-1-9-19-21/h1-5,9-10,15H,6-8,11-12H2. The first-order chi connectivity index (χ1) is 10.7. The molecule has 1 aromatic carbocycles. The van der Waals surface area contributed by atoms with Gasteiger partial charge in [-0.1, -0.05) is 12.1 Å². The Morgan fingerprint density at radius 1 is 1.27 bits per heavy atom. The van der Waals surface area contributed by atoms with Crippen LogP contribution in [-0.2, 0) is 10.2 Å². The molecule has 1 saturated heterocycles. The van der Waals surface area contributed by atoms with Crippen molar-refractivity contribution in [1.82, 2.24) is 14.7 Å². The van der Waals surface area contributed by atoms with Crippen molar-refractivity contribution in [2.45, 2.75) is 30.7 Å². The Balaban J connectivity index is 1.51. The zero-order chi connectivity index (χ0) is 15.2. The Bertz CT molecular complexity index is 676. The summed E-state index contributed by atoms with van der Waals surface area (Å²) in [7, 11) is 0. The molecule has 1 unspecified atom stereocenters. The molecule has 1 amide bonds. The molecule has 2 aromatic rings. The number of benzene rings is 1. The van der Waals surface area contributed by atoms with E-state index in [1.165, 1.54) is 12.1 Å². The van der Waals surface area contributed by atoms with Crippen LogP contribution in [0.2, 0.25) is 0 Å². The lowest BCUT2D eigenvalue weighted by Crippen LogP contribution is -2.38. The van der Waals surface area contributed by atoms with Gasteiger partial charge in [-0.25, -0.2) is 4.39 Å². The number of likely N-dealkylation sites (tertiary alicyclic amines) is 1. The predicted molar refractivity (Wildman–Crippen MR) is 79.8 cm³/mol. The van der Waals surface area contributed by atoms with Crippen LogP contribution >= 0.6 is 0 Å². The van der Waals surface area contributed by atoms with Crippen LogP contribution in [-0.4, -0.2) is 33.7 Å². The molecule has 5 heteroatoms. The normalized spacial score (nSPS) is 22.8. The number of hydrogen-bond donors (Lipinski definition) is 0. The van der Waals surface area contributed by atoms with Gasteiger partial charge in [0.1, 0.15) is 5.82 Å². The van der Waals surface area contributed by atoms with Gasteiger partial charge in [0.15, 0.2) is 0 Å². The summed E-state index contributed by atoms with van der Waals surface area (Å²) >= 11 is 0. The first kappa shape index (κ1) is 13.5. The second kappa shape index (κ2) is 4.93. The van der Waals surface area contributed by atoms with Crippen molar-refractivity contribution in [3.8, 4) is 0 Å². The minimum Gasteiger partial charge on any atom is -0.340 e. The van der Waals surface area contributed by atoms with E-state index in [9.17, 15) is 9.18 Å². The highest BCUT2D eigenvalue weighted by Crippen LogP contribution is 2.50. The van der Waals surface area contributed by atoms with Gasteiger partial charge in [-0.2, -0.15) is 5.10 Å². The third-order valence-electron chi connectivity index (χ3n) is 4.91. The fourth-order valence-electron chi connectivity index (χ4n) is 3.46. The number of amides is 1. The van der Waals surface area contributed by atoms with Crippen molar-refractivity contribution in [2.75, 3.05) is 13.1 Å². The first-order valence-electron chi connectivity index (χ1n) is 7.74. The number of aromatic nitrogens is 2. The summed E-state index contributed by atoms with van der Waals surface area (Å²) in [6.07, 6.45) is 6.38. The molecule has 22 heavy (non-hydrogen) atoms. The van der Waals surface area contributed by atoms with Gasteiger partial charge in [0, 0.05) is 25.5 Å². The number of halogens is 1. The van der Waals surface area contributed by atoms with Gasteiger partial charge in [-0.15, -0.1) is 0 Å². The van der Waals surface area contributed by atoms with Crippen molar-refractivity contribution in [2.24, 2.45) is 0 Å². The van der Waals surface area contributed by atoms with E-state index in [-0.39, 0.29) is 17.8 Å². The van der Waals surface area contributed by atoms with Crippen LogP contribution in [0.5, 0.6) is 0 Å². The zero-order valence-corrected chi connectivity index (χ0v) is 12.3. The van der Waals surface area contributed by atoms with Crippen molar-refractivity contribution in [3.63, 3.8) is 0 Å². The molecule has 0 radical (unpaired) electrons. The molecule has 1 saturated carbocycles. The molecule has 0 bridgehead atoms. The molecule has 1 aromatic heterocycles. The van der Waals surface area contributed by atoms with E-state index in [1.807, 2.05) is 21.8 Å². The lowest BCUT2D eigenvalue weighted by Gasteiger charge is -2.23. The number of rotatable bonds is 3. The average Bonchev–Trinajstić information content (AvgIpc) is 2.97. The van der Waals surface area contributed by atoms with Crippen LogP contribution in [0.15, 0.2) is 42.7 Å². The molecule has 0 spiro atoms. The van der Waals surface area contributed by atoms with Gasteiger partial charge in [0.25, 0.3) is 0 Å². The molecular weight excluding hydrogens is 281 g/mol. The van der Waals surface area contributed by atoms with E-state index < -0.39 is 5.41 Å². The maximum absolute atomic E-state index is 13.1.